The van der Waals surface area contributed by atoms with E-state index >= 15 is 0 Å². The monoisotopic (exact) mass is 345 g/mol. The highest BCUT2D eigenvalue weighted by Crippen LogP contribution is 2.18. The normalized spacial score (nSPS) is 10.8. The van der Waals surface area contributed by atoms with E-state index in [0.29, 0.717) is 13.2 Å². The first-order chi connectivity index (χ1) is 12.8. The highest BCUT2D eigenvalue weighted by molar-refractivity contribution is 5.45. The molecule has 0 aliphatic heterocycles. The number of hydrogen-bond acceptors (Lipinski definition) is 5. The van der Waals surface area contributed by atoms with Crippen molar-refractivity contribution >= 4 is 11.5 Å². The summed E-state index contributed by atoms with van der Waals surface area (Å²) >= 11 is 0. The van der Waals surface area contributed by atoms with Gasteiger partial charge >= 0.3 is 0 Å². The van der Waals surface area contributed by atoms with Crippen LogP contribution in [0, 0.1) is 6.92 Å². The first-order valence-corrected chi connectivity index (χ1v) is 8.45. The Hall–Kier alpha value is -3.41. The van der Waals surface area contributed by atoms with E-state index in [2.05, 4.69) is 20.4 Å². The van der Waals surface area contributed by atoms with Crippen LogP contribution in [0.3, 0.4) is 0 Å². The van der Waals surface area contributed by atoms with Gasteiger partial charge < -0.3 is 10.1 Å². The molecule has 0 bridgehead atoms. The molecule has 6 nitrogen and oxygen atoms in total. The zero-order valence-corrected chi connectivity index (χ0v) is 14.5. The van der Waals surface area contributed by atoms with Crippen molar-refractivity contribution in [3.63, 3.8) is 0 Å². The minimum atomic E-state index is 0.405. The molecule has 0 aliphatic rings. The molecule has 130 valence electrons. The van der Waals surface area contributed by atoms with Gasteiger partial charge in [0.1, 0.15) is 23.9 Å². The van der Waals surface area contributed by atoms with E-state index in [-0.39, 0.29) is 0 Å². The molecular weight excluding hydrogens is 326 g/mol. The highest BCUT2D eigenvalue weighted by atomic mass is 16.5. The molecule has 3 heterocycles. The standard InChI is InChI=1S/C20H19N5O/c1-15-6-2-3-8-18(15)26-14-17-13-23-20-10-9-19(24-25(17)20)22-12-16-7-4-5-11-21-16/h2-11,13H,12,14H2,1H3,(H,22,24). The Morgan fingerprint density at radius 1 is 1.00 bits per heavy atom. The topological polar surface area (TPSA) is 64.3 Å². The molecule has 0 saturated heterocycles. The maximum Gasteiger partial charge on any atom is 0.154 e. The number of ether oxygens (including phenoxy) is 1. The smallest absolute Gasteiger partial charge is 0.154 e. The van der Waals surface area contributed by atoms with Gasteiger partial charge in [-0.1, -0.05) is 24.3 Å². The summed E-state index contributed by atoms with van der Waals surface area (Å²) in [6.45, 7) is 3.05. The molecule has 26 heavy (non-hydrogen) atoms. The van der Waals surface area contributed by atoms with Gasteiger partial charge in [-0.3, -0.25) is 4.98 Å². The molecule has 4 aromatic rings. The second kappa shape index (κ2) is 7.23. The third kappa shape index (κ3) is 3.49. The van der Waals surface area contributed by atoms with E-state index in [1.54, 1.807) is 16.9 Å². The molecule has 0 atom stereocenters. The SMILES string of the molecule is Cc1ccccc1OCc1cnc2ccc(NCc3ccccn3)nn12. The molecule has 0 aliphatic carbocycles. The first-order valence-electron chi connectivity index (χ1n) is 8.45. The van der Waals surface area contributed by atoms with Gasteiger partial charge in [0.05, 0.1) is 18.4 Å². The van der Waals surface area contributed by atoms with Crippen molar-refractivity contribution in [2.45, 2.75) is 20.1 Å². The summed E-state index contributed by atoms with van der Waals surface area (Å²) < 4.78 is 7.73. The summed E-state index contributed by atoms with van der Waals surface area (Å²) in [5.41, 5.74) is 3.75. The lowest BCUT2D eigenvalue weighted by Gasteiger charge is -2.09. The number of fused-ring (bicyclic) bond motifs is 1. The minimum Gasteiger partial charge on any atom is -0.487 e. The summed E-state index contributed by atoms with van der Waals surface area (Å²) in [5, 5.41) is 7.91. The maximum atomic E-state index is 5.93. The number of aromatic nitrogens is 4. The Bertz CT molecular complexity index is 1010. The van der Waals surface area contributed by atoms with Crippen LogP contribution in [0.15, 0.2) is 67.0 Å². The van der Waals surface area contributed by atoms with Crippen molar-refractivity contribution in [3.8, 4) is 5.75 Å². The van der Waals surface area contributed by atoms with E-state index in [9.17, 15) is 0 Å². The van der Waals surface area contributed by atoms with Crippen LogP contribution < -0.4 is 10.1 Å². The summed E-state index contributed by atoms with van der Waals surface area (Å²) in [6.07, 6.45) is 3.58. The number of hydrogen-bond donors (Lipinski definition) is 1. The Morgan fingerprint density at radius 3 is 2.73 bits per heavy atom. The zero-order chi connectivity index (χ0) is 17.8. The van der Waals surface area contributed by atoms with Gasteiger partial charge in [0.15, 0.2) is 5.65 Å². The molecule has 0 fully saturated rings. The Morgan fingerprint density at radius 2 is 1.88 bits per heavy atom. The number of benzene rings is 1. The lowest BCUT2D eigenvalue weighted by atomic mass is 10.2. The predicted molar refractivity (Wildman–Crippen MR) is 100 cm³/mol. The van der Waals surface area contributed by atoms with E-state index in [0.717, 1.165) is 34.2 Å². The summed E-state index contributed by atoms with van der Waals surface area (Å²) in [5.74, 6) is 1.63. The number of para-hydroxylation sites is 1. The van der Waals surface area contributed by atoms with Gasteiger partial charge in [-0.05, 0) is 42.8 Å². The molecule has 4 rings (SSSR count). The number of rotatable bonds is 6. The maximum absolute atomic E-state index is 5.93. The Labute approximate surface area is 151 Å². The molecule has 0 unspecified atom stereocenters. The second-order valence-electron chi connectivity index (χ2n) is 5.97. The molecule has 0 radical (unpaired) electrons. The van der Waals surface area contributed by atoms with Gasteiger partial charge in [-0.25, -0.2) is 9.50 Å². The fraction of sp³-hybridized carbons (Fsp3) is 0.150. The summed E-state index contributed by atoms with van der Waals surface area (Å²) in [7, 11) is 0. The van der Waals surface area contributed by atoms with Crippen LogP contribution in [-0.2, 0) is 13.2 Å². The van der Waals surface area contributed by atoms with E-state index < -0.39 is 0 Å². The van der Waals surface area contributed by atoms with Crippen LogP contribution >= 0.6 is 0 Å². The predicted octanol–water partition coefficient (Wildman–Crippen LogP) is 3.62. The van der Waals surface area contributed by atoms with Crippen molar-refractivity contribution in [2.75, 3.05) is 5.32 Å². The minimum absolute atomic E-state index is 0.405. The number of aryl methyl sites for hydroxylation is 1. The van der Waals surface area contributed by atoms with E-state index in [1.165, 1.54) is 0 Å². The van der Waals surface area contributed by atoms with Crippen molar-refractivity contribution in [1.29, 1.82) is 0 Å². The average Bonchev–Trinajstić information content (AvgIpc) is 3.09. The molecule has 3 aromatic heterocycles. The number of nitrogens with zero attached hydrogens (tertiary/aromatic N) is 4. The summed E-state index contributed by atoms with van der Waals surface area (Å²) in [4.78, 5) is 8.70. The molecule has 1 N–H and O–H groups in total. The Balaban J connectivity index is 1.50. The lowest BCUT2D eigenvalue weighted by molar-refractivity contribution is 0.296. The number of imidazole rings is 1. The van der Waals surface area contributed by atoms with Gasteiger partial charge in [0.2, 0.25) is 0 Å². The second-order valence-corrected chi connectivity index (χ2v) is 5.97. The average molecular weight is 345 g/mol. The number of anilines is 1. The van der Waals surface area contributed by atoms with E-state index in [4.69, 9.17) is 4.74 Å². The van der Waals surface area contributed by atoms with Gasteiger partial charge in [0.25, 0.3) is 0 Å². The highest BCUT2D eigenvalue weighted by Gasteiger charge is 2.08. The van der Waals surface area contributed by atoms with Crippen LogP contribution in [-0.4, -0.2) is 19.6 Å². The number of nitrogens with one attached hydrogen (secondary N) is 1. The van der Waals surface area contributed by atoms with Crippen LogP contribution in [0.2, 0.25) is 0 Å². The molecule has 0 amide bonds. The van der Waals surface area contributed by atoms with Crippen LogP contribution in [0.25, 0.3) is 5.65 Å². The first kappa shape index (κ1) is 16.1. The van der Waals surface area contributed by atoms with Crippen molar-refractivity contribution < 1.29 is 4.74 Å². The van der Waals surface area contributed by atoms with Crippen LogP contribution in [0.1, 0.15) is 17.0 Å². The molecule has 0 saturated carbocycles. The number of pyridine rings is 1. The molecule has 6 heteroatoms. The fourth-order valence-electron chi connectivity index (χ4n) is 2.67. The van der Waals surface area contributed by atoms with Gasteiger partial charge in [0, 0.05) is 6.20 Å². The zero-order valence-electron chi connectivity index (χ0n) is 14.5. The molecular formula is C20H19N5O. The fourth-order valence-corrected chi connectivity index (χ4v) is 2.67. The van der Waals surface area contributed by atoms with Crippen molar-refractivity contribution in [1.82, 2.24) is 19.6 Å². The summed E-state index contributed by atoms with van der Waals surface area (Å²) in [6, 6.07) is 17.7. The van der Waals surface area contributed by atoms with Gasteiger partial charge in [-0.2, -0.15) is 0 Å². The third-order valence-electron chi connectivity index (χ3n) is 4.08. The quantitative estimate of drug-likeness (QED) is 0.578. The van der Waals surface area contributed by atoms with Crippen LogP contribution in [0.5, 0.6) is 5.75 Å². The molecule has 1 aromatic carbocycles. The Kier molecular flexibility index (Phi) is 4.47. The van der Waals surface area contributed by atoms with Gasteiger partial charge in [-0.15, -0.1) is 5.10 Å². The lowest BCUT2D eigenvalue weighted by Crippen LogP contribution is -2.07. The van der Waals surface area contributed by atoms with Crippen LogP contribution in [0.4, 0.5) is 5.82 Å². The van der Waals surface area contributed by atoms with Crippen molar-refractivity contribution in [2.24, 2.45) is 0 Å². The van der Waals surface area contributed by atoms with Crippen molar-refractivity contribution in [3.05, 3.63) is 83.9 Å². The molecule has 0 spiro atoms. The third-order valence-corrected chi connectivity index (χ3v) is 4.08. The largest absolute Gasteiger partial charge is 0.487 e. The van der Waals surface area contributed by atoms with E-state index in [1.807, 2.05) is 61.5 Å².